The van der Waals surface area contributed by atoms with Crippen molar-refractivity contribution >= 4 is 23.4 Å². The van der Waals surface area contributed by atoms with Gasteiger partial charge in [-0.25, -0.2) is 9.78 Å². The number of halogens is 1. The third-order valence-electron chi connectivity index (χ3n) is 5.02. The zero-order chi connectivity index (χ0) is 16.1. The van der Waals surface area contributed by atoms with Crippen LogP contribution in [-0.4, -0.2) is 26.7 Å². The normalized spacial score (nSPS) is 22.4. The van der Waals surface area contributed by atoms with E-state index in [1.165, 1.54) is 4.57 Å². The summed E-state index contributed by atoms with van der Waals surface area (Å²) >= 11 is 6.36. The lowest BCUT2D eigenvalue weighted by Gasteiger charge is -2.26. The minimum absolute atomic E-state index is 0.172. The molecular weight excluding hydrogens is 306 g/mol. The van der Waals surface area contributed by atoms with Crippen LogP contribution in [0.4, 0.5) is 5.82 Å². The molecule has 3 rings (SSSR count). The lowest BCUT2D eigenvalue weighted by Crippen LogP contribution is -2.32. The van der Waals surface area contributed by atoms with Gasteiger partial charge in [0.2, 0.25) is 0 Å². The SMILES string of the molecule is CCC1(CC)C[C@@H](C(=O)O)n2c1c(Cl)nc(NC1CC1)c2=O. The van der Waals surface area contributed by atoms with Crippen LogP contribution < -0.4 is 10.9 Å². The van der Waals surface area contributed by atoms with E-state index < -0.39 is 17.4 Å². The highest BCUT2D eigenvalue weighted by Gasteiger charge is 2.47. The first kappa shape index (κ1) is 15.3. The average Bonchev–Trinajstić information content (AvgIpc) is 3.22. The molecule has 1 aromatic heterocycles. The first-order chi connectivity index (χ1) is 10.4. The van der Waals surface area contributed by atoms with Crippen LogP contribution >= 0.6 is 11.6 Å². The summed E-state index contributed by atoms with van der Waals surface area (Å²) in [6.07, 6.45) is 3.83. The predicted molar refractivity (Wildman–Crippen MR) is 83.7 cm³/mol. The molecule has 0 saturated heterocycles. The Morgan fingerprint density at radius 3 is 2.59 bits per heavy atom. The molecule has 1 aliphatic heterocycles. The number of hydrogen-bond acceptors (Lipinski definition) is 4. The molecular formula is C15H20ClN3O3. The average molecular weight is 326 g/mol. The second kappa shape index (κ2) is 5.26. The summed E-state index contributed by atoms with van der Waals surface area (Å²) in [6.45, 7) is 3.99. The van der Waals surface area contributed by atoms with Gasteiger partial charge in [-0.15, -0.1) is 0 Å². The van der Waals surface area contributed by atoms with Crippen molar-refractivity contribution in [3.63, 3.8) is 0 Å². The van der Waals surface area contributed by atoms with E-state index >= 15 is 0 Å². The molecule has 120 valence electrons. The number of carboxylic acid groups (broad SMARTS) is 1. The minimum atomic E-state index is -0.994. The molecule has 1 saturated carbocycles. The van der Waals surface area contributed by atoms with E-state index in [1.807, 2.05) is 13.8 Å². The molecule has 1 atom stereocenters. The standard InChI is InChI=1S/C15H20ClN3O3/c1-3-15(4-2)7-9(14(21)22)19-10(15)11(16)18-12(13(19)20)17-8-5-6-8/h8-9H,3-7H2,1-2H3,(H,17,18)(H,21,22)/t9-/m0/s1. The summed E-state index contributed by atoms with van der Waals surface area (Å²) in [7, 11) is 0. The topological polar surface area (TPSA) is 84.2 Å². The molecule has 0 spiro atoms. The zero-order valence-corrected chi connectivity index (χ0v) is 13.5. The molecule has 22 heavy (non-hydrogen) atoms. The molecule has 6 nitrogen and oxygen atoms in total. The van der Waals surface area contributed by atoms with Gasteiger partial charge in [0.05, 0.1) is 5.69 Å². The summed E-state index contributed by atoms with van der Waals surface area (Å²) < 4.78 is 1.36. The van der Waals surface area contributed by atoms with Gasteiger partial charge in [-0.05, 0) is 32.1 Å². The van der Waals surface area contributed by atoms with Crippen LogP contribution in [0.5, 0.6) is 0 Å². The van der Waals surface area contributed by atoms with Crippen molar-refractivity contribution in [2.24, 2.45) is 0 Å². The van der Waals surface area contributed by atoms with Gasteiger partial charge in [-0.3, -0.25) is 9.36 Å². The fraction of sp³-hybridized carbons (Fsp3) is 0.667. The fourth-order valence-corrected chi connectivity index (χ4v) is 3.81. The molecule has 0 unspecified atom stereocenters. The third kappa shape index (κ3) is 2.20. The Morgan fingerprint density at radius 1 is 1.45 bits per heavy atom. The number of carboxylic acids is 1. The number of carbonyl (C=O) groups is 1. The molecule has 1 fully saturated rings. The van der Waals surface area contributed by atoms with Gasteiger partial charge in [-0.1, -0.05) is 25.4 Å². The fourth-order valence-electron chi connectivity index (χ4n) is 3.43. The van der Waals surface area contributed by atoms with Crippen molar-refractivity contribution in [3.05, 3.63) is 21.2 Å². The second-order valence-electron chi connectivity index (χ2n) is 6.24. The summed E-state index contributed by atoms with van der Waals surface area (Å²) in [5.41, 5.74) is -0.190. The number of fused-ring (bicyclic) bond motifs is 1. The van der Waals surface area contributed by atoms with Crippen LogP contribution in [0.15, 0.2) is 4.79 Å². The summed E-state index contributed by atoms with van der Waals surface area (Å²) in [6, 6.07) is -0.621. The molecule has 0 bridgehead atoms. The van der Waals surface area contributed by atoms with Gasteiger partial charge in [0.1, 0.15) is 6.04 Å². The van der Waals surface area contributed by atoms with E-state index in [2.05, 4.69) is 10.3 Å². The highest BCUT2D eigenvalue weighted by Crippen LogP contribution is 2.47. The number of nitrogens with zero attached hydrogens (tertiary/aromatic N) is 2. The van der Waals surface area contributed by atoms with Gasteiger partial charge in [-0.2, -0.15) is 0 Å². The Morgan fingerprint density at radius 2 is 2.09 bits per heavy atom. The number of hydrogen-bond donors (Lipinski definition) is 2. The van der Waals surface area contributed by atoms with Crippen LogP contribution in [-0.2, 0) is 10.2 Å². The summed E-state index contributed by atoms with van der Waals surface area (Å²) in [4.78, 5) is 28.6. The lowest BCUT2D eigenvalue weighted by atomic mass is 9.77. The molecule has 0 aromatic carbocycles. The highest BCUT2D eigenvalue weighted by atomic mass is 35.5. The van der Waals surface area contributed by atoms with Crippen molar-refractivity contribution in [3.8, 4) is 0 Å². The first-order valence-corrected chi connectivity index (χ1v) is 8.13. The number of rotatable bonds is 5. The Labute approximate surface area is 133 Å². The van der Waals surface area contributed by atoms with Gasteiger partial charge in [0, 0.05) is 11.5 Å². The van der Waals surface area contributed by atoms with Gasteiger partial charge >= 0.3 is 5.97 Å². The van der Waals surface area contributed by atoms with E-state index in [9.17, 15) is 14.7 Å². The van der Waals surface area contributed by atoms with E-state index in [-0.39, 0.29) is 22.6 Å². The molecule has 1 aliphatic carbocycles. The van der Waals surface area contributed by atoms with Crippen LogP contribution in [0, 0.1) is 0 Å². The van der Waals surface area contributed by atoms with Crippen molar-refractivity contribution in [1.82, 2.24) is 9.55 Å². The van der Waals surface area contributed by atoms with E-state index in [4.69, 9.17) is 11.6 Å². The lowest BCUT2D eigenvalue weighted by molar-refractivity contribution is -0.141. The van der Waals surface area contributed by atoms with Crippen molar-refractivity contribution in [2.45, 2.75) is 63.5 Å². The smallest absolute Gasteiger partial charge is 0.326 e. The molecule has 0 amide bonds. The van der Waals surface area contributed by atoms with Crippen molar-refractivity contribution < 1.29 is 9.90 Å². The third-order valence-corrected chi connectivity index (χ3v) is 5.29. The quantitative estimate of drug-likeness (QED) is 0.869. The van der Waals surface area contributed by atoms with Gasteiger partial charge in [0.25, 0.3) is 5.56 Å². The van der Waals surface area contributed by atoms with Crippen LogP contribution in [0.25, 0.3) is 0 Å². The number of anilines is 1. The Bertz CT molecular complexity index is 677. The molecule has 2 heterocycles. The van der Waals surface area contributed by atoms with Gasteiger partial charge in [0.15, 0.2) is 11.0 Å². The maximum atomic E-state index is 12.7. The van der Waals surface area contributed by atoms with Crippen LogP contribution in [0.2, 0.25) is 5.15 Å². The number of nitrogens with one attached hydrogen (secondary N) is 1. The minimum Gasteiger partial charge on any atom is -0.480 e. The Kier molecular flexibility index (Phi) is 3.67. The molecule has 1 aromatic rings. The Balaban J connectivity index is 2.21. The van der Waals surface area contributed by atoms with Gasteiger partial charge < -0.3 is 10.4 Å². The zero-order valence-electron chi connectivity index (χ0n) is 12.7. The van der Waals surface area contributed by atoms with E-state index in [0.29, 0.717) is 12.1 Å². The maximum absolute atomic E-state index is 12.7. The molecule has 2 N–H and O–H groups in total. The monoisotopic (exact) mass is 325 g/mol. The number of aromatic nitrogens is 2. The van der Waals surface area contributed by atoms with E-state index in [0.717, 1.165) is 25.7 Å². The largest absolute Gasteiger partial charge is 0.480 e. The molecule has 7 heteroatoms. The molecule has 0 radical (unpaired) electrons. The first-order valence-electron chi connectivity index (χ1n) is 7.75. The highest BCUT2D eigenvalue weighted by molar-refractivity contribution is 6.30. The summed E-state index contributed by atoms with van der Waals surface area (Å²) in [5, 5.41) is 12.8. The molecule has 2 aliphatic rings. The summed E-state index contributed by atoms with van der Waals surface area (Å²) in [5.74, 6) is -0.822. The Hall–Kier alpha value is -1.56. The van der Waals surface area contributed by atoms with Crippen LogP contribution in [0.3, 0.4) is 0 Å². The predicted octanol–water partition coefficient (Wildman–Crippen LogP) is 2.56. The maximum Gasteiger partial charge on any atom is 0.326 e. The van der Waals surface area contributed by atoms with Crippen LogP contribution in [0.1, 0.15) is 57.7 Å². The number of aliphatic carboxylic acids is 1. The van der Waals surface area contributed by atoms with Crippen molar-refractivity contribution in [1.29, 1.82) is 0 Å². The second-order valence-corrected chi connectivity index (χ2v) is 6.60. The van der Waals surface area contributed by atoms with E-state index in [1.54, 1.807) is 0 Å². The van der Waals surface area contributed by atoms with Crippen molar-refractivity contribution in [2.75, 3.05) is 5.32 Å².